The molecular formula is C13H18ClF2N3. The molecule has 1 aromatic heterocycles. The van der Waals surface area contributed by atoms with E-state index in [1.807, 2.05) is 4.90 Å². The molecule has 0 saturated carbocycles. The van der Waals surface area contributed by atoms with Gasteiger partial charge in [0, 0.05) is 25.2 Å². The second kappa shape index (κ2) is 5.59. The van der Waals surface area contributed by atoms with Crippen LogP contribution in [0.5, 0.6) is 0 Å². The molecule has 1 fully saturated rings. The third-order valence-corrected chi connectivity index (χ3v) is 3.74. The number of rotatable bonds is 3. The highest BCUT2D eigenvalue weighted by Crippen LogP contribution is 2.33. The normalized spacial score (nSPS) is 17.8. The summed E-state index contributed by atoms with van der Waals surface area (Å²) in [7, 11) is 0. The number of aromatic nitrogens is 1. The topological polar surface area (TPSA) is 42.2 Å². The van der Waals surface area contributed by atoms with Crippen molar-refractivity contribution in [3.05, 3.63) is 23.4 Å². The number of alkyl halides is 3. The Morgan fingerprint density at radius 3 is 2.58 bits per heavy atom. The van der Waals surface area contributed by atoms with Crippen LogP contribution in [0.4, 0.5) is 14.6 Å². The van der Waals surface area contributed by atoms with Gasteiger partial charge in [-0.25, -0.2) is 4.98 Å². The fourth-order valence-corrected chi connectivity index (χ4v) is 2.39. The van der Waals surface area contributed by atoms with Crippen LogP contribution in [-0.2, 0) is 11.9 Å². The third kappa shape index (κ3) is 3.34. The molecule has 3 nitrogen and oxygen atoms in total. The summed E-state index contributed by atoms with van der Waals surface area (Å²) in [6.45, 7) is 4.11. The highest BCUT2D eigenvalue weighted by molar-refractivity contribution is 6.21. The second-order valence-corrected chi connectivity index (χ2v) is 5.53. The Bertz CT molecular complexity index is 440. The Labute approximate surface area is 116 Å². The molecule has 106 valence electrons. The first kappa shape index (κ1) is 14.5. The summed E-state index contributed by atoms with van der Waals surface area (Å²) in [5.41, 5.74) is 6.02. The molecule has 0 atom stereocenters. The van der Waals surface area contributed by atoms with Crippen LogP contribution in [0.15, 0.2) is 12.1 Å². The Hall–Kier alpha value is -0.940. The lowest BCUT2D eigenvalue weighted by Crippen LogP contribution is -2.34. The largest absolute Gasteiger partial charge is 0.364 e. The Morgan fingerprint density at radius 2 is 2.05 bits per heavy atom. The van der Waals surface area contributed by atoms with Crippen LogP contribution >= 0.6 is 11.6 Å². The van der Waals surface area contributed by atoms with E-state index < -0.39 is 11.1 Å². The van der Waals surface area contributed by atoms with Crippen LogP contribution in [0.1, 0.15) is 31.0 Å². The van der Waals surface area contributed by atoms with E-state index in [0.717, 1.165) is 31.5 Å². The molecule has 2 heterocycles. The molecule has 1 aliphatic heterocycles. The number of piperidine rings is 1. The van der Waals surface area contributed by atoms with Crippen molar-refractivity contribution in [2.45, 2.75) is 31.7 Å². The van der Waals surface area contributed by atoms with Gasteiger partial charge in [0.05, 0.1) is 0 Å². The lowest BCUT2D eigenvalue weighted by atomic mass is 9.99. The number of hydrogen-bond acceptors (Lipinski definition) is 3. The zero-order valence-corrected chi connectivity index (χ0v) is 11.6. The van der Waals surface area contributed by atoms with Crippen molar-refractivity contribution < 1.29 is 8.78 Å². The van der Waals surface area contributed by atoms with E-state index in [-0.39, 0.29) is 6.54 Å². The lowest BCUT2D eigenvalue weighted by molar-refractivity contribution is 0.0900. The lowest BCUT2D eigenvalue weighted by Gasteiger charge is -2.32. The molecule has 0 aliphatic carbocycles. The molecule has 0 spiro atoms. The molecule has 0 bridgehead atoms. The summed E-state index contributed by atoms with van der Waals surface area (Å²) in [6.07, 6.45) is 2.07. The number of pyridine rings is 1. The first-order valence-electron chi connectivity index (χ1n) is 6.44. The molecule has 19 heavy (non-hydrogen) atoms. The third-order valence-electron chi connectivity index (χ3n) is 3.55. The van der Waals surface area contributed by atoms with Gasteiger partial charge in [0.2, 0.25) is 0 Å². The van der Waals surface area contributed by atoms with Crippen molar-refractivity contribution in [3.63, 3.8) is 0 Å². The van der Waals surface area contributed by atoms with Crippen LogP contribution in [0.3, 0.4) is 0 Å². The van der Waals surface area contributed by atoms with Crippen molar-refractivity contribution in [2.75, 3.05) is 18.0 Å². The number of nitrogens with two attached hydrogens (primary N) is 1. The molecule has 2 N–H and O–H groups in total. The molecule has 0 amide bonds. The quantitative estimate of drug-likeness (QED) is 0.870. The van der Waals surface area contributed by atoms with Crippen LogP contribution in [-0.4, -0.2) is 18.1 Å². The summed E-state index contributed by atoms with van der Waals surface area (Å²) < 4.78 is 26.3. The number of anilines is 1. The van der Waals surface area contributed by atoms with E-state index in [2.05, 4.69) is 11.9 Å². The van der Waals surface area contributed by atoms with E-state index in [0.29, 0.717) is 11.7 Å². The standard InChI is InChI=1S/C13H18ClF2N3/c1-9-4-6-19(7-5-9)12-10(8-17)2-3-11(18-12)13(14,15)16/h2-3,9H,4-8,17H2,1H3. The molecule has 6 heteroatoms. The predicted octanol–water partition coefficient (Wildman–Crippen LogP) is 3.06. The van der Waals surface area contributed by atoms with Gasteiger partial charge in [-0.3, -0.25) is 0 Å². The highest BCUT2D eigenvalue weighted by atomic mass is 35.5. The molecule has 1 saturated heterocycles. The molecule has 2 rings (SSSR count). The van der Waals surface area contributed by atoms with Crippen LogP contribution < -0.4 is 10.6 Å². The SMILES string of the molecule is CC1CCN(c2nc(C(F)(F)Cl)ccc2CN)CC1. The van der Waals surface area contributed by atoms with Crippen molar-refractivity contribution in [1.29, 1.82) is 0 Å². The summed E-state index contributed by atoms with van der Waals surface area (Å²) in [4.78, 5) is 6.05. The second-order valence-electron chi connectivity index (χ2n) is 5.05. The van der Waals surface area contributed by atoms with Crippen molar-refractivity contribution in [1.82, 2.24) is 4.98 Å². The van der Waals surface area contributed by atoms with Gasteiger partial charge in [-0.05, 0) is 36.4 Å². The minimum absolute atomic E-state index is 0.280. The first-order valence-corrected chi connectivity index (χ1v) is 6.81. The van der Waals surface area contributed by atoms with Crippen molar-refractivity contribution >= 4 is 17.4 Å². The Balaban J connectivity index is 2.31. The summed E-state index contributed by atoms with van der Waals surface area (Å²) in [5.74, 6) is 1.21. The molecule has 1 aromatic rings. The number of hydrogen-bond donors (Lipinski definition) is 1. The molecule has 0 aromatic carbocycles. The summed E-state index contributed by atoms with van der Waals surface area (Å²) >= 11 is 5.04. The Kier molecular flexibility index (Phi) is 4.26. The van der Waals surface area contributed by atoms with E-state index >= 15 is 0 Å². The van der Waals surface area contributed by atoms with Crippen LogP contribution in [0.2, 0.25) is 0 Å². The van der Waals surface area contributed by atoms with Crippen LogP contribution in [0, 0.1) is 5.92 Å². The van der Waals surface area contributed by atoms with Gasteiger partial charge < -0.3 is 10.6 Å². The van der Waals surface area contributed by atoms with Gasteiger partial charge in [0.15, 0.2) is 0 Å². The maximum Gasteiger partial charge on any atom is 0.364 e. The average Bonchev–Trinajstić information content (AvgIpc) is 2.38. The molecule has 0 radical (unpaired) electrons. The van der Waals surface area contributed by atoms with Crippen molar-refractivity contribution in [2.24, 2.45) is 11.7 Å². The minimum Gasteiger partial charge on any atom is -0.356 e. The van der Waals surface area contributed by atoms with E-state index in [9.17, 15) is 8.78 Å². The zero-order valence-electron chi connectivity index (χ0n) is 10.9. The van der Waals surface area contributed by atoms with Gasteiger partial charge in [-0.2, -0.15) is 8.78 Å². The van der Waals surface area contributed by atoms with Gasteiger partial charge in [0.25, 0.3) is 0 Å². The minimum atomic E-state index is -3.44. The molecule has 1 aliphatic rings. The van der Waals surface area contributed by atoms with Crippen molar-refractivity contribution in [3.8, 4) is 0 Å². The van der Waals surface area contributed by atoms with Gasteiger partial charge in [-0.15, -0.1) is 0 Å². The predicted molar refractivity (Wildman–Crippen MR) is 72.5 cm³/mol. The van der Waals surface area contributed by atoms with E-state index in [1.54, 1.807) is 6.07 Å². The van der Waals surface area contributed by atoms with Gasteiger partial charge in [0.1, 0.15) is 11.5 Å². The fraction of sp³-hybridized carbons (Fsp3) is 0.615. The monoisotopic (exact) mass is 289 g/mol. The van der Waals surface area contributed by atoms with E-state index in [4.69, 9.17) is 17.3 Å². The zero-order chi connectivity index (χ0) is 14.0. The maximum atomic E-state index is 13.2. The van der Waals surface area contributed by atoms with Gasteiger partial charge >= 0.3 is 5.38 Å². The van der Waals surface area contributed by atoms with Crippen LogP contribution in [0.25, 0.3) is 0 Å². The Morgan fingerprint density at radius 1 is 1.42 bits per heavy atom. The highest BCUT2D eigenvalue weighted by Gasteiger charge is 2.31. The smallest absolute Gasteiger partial charge is 0.356 e. The molecule has 0 unspecified atom stereocenters. The summed E-state index contributed by atoms with van der Waals surface area (Å²) in [6, 6.07) is 2.83. The molecular weight excluding hydrogens is 272 g/mol. The summed E-state index contributed by atoms with van der Waals surface area (Å²) in [5, 5.41) is -3.44. The number of halogens is 3. The first-order chi connectivity index (χ1) is 8.91. The van der Waals surface area contributed by atoms with Gasteiger partial charge in [-0.1, -0.05) is 13.0 Å². The maximum absolute atomic E-state index is 13.2. The van der Waals surface area contributed by atoms with E-state index in [1.165, 1.54) is 6.07 Å². The number of nitrogens with zero attached hydrogens (tertiary/aromatic N) is 2. The average molecular weight is 290 g/mol. The fourth-order valence-electron chi connectivity index (χ4n) is 2.29.